The van der Waals surface area contributed by atoms with E-state index < -0.39 is 27.4 Å². The Balaban J connectivity index is 1.56. The summed E-state index contributed by atoms with van der Waals surface area (Å²) in [5.41, 5.74) is 1.35. The van der Waals surface area contributed by atoms with E-state index in [1.807, 2.05) is 4.72 Å². The number of halogens is 2. The quantitative estimate of drug-likeness (QED) is 0.353. The number of carbonyl (C=O) groups is 1. The number of rotatable bonds is 5. The van der Waals surface area contributed by atoms with Crippen LogP contribution in [0.1, 0.15) is 5.56 Å². The minimum absolute atomic E-state index is 0.0906. The molecule has 0 bridgehead atoms. The number of nitrogens with one attached hydrogen (secondary N) is 3. The molecule has 0 fully saturated rings. The van der Waals surface area contributed by atoms with Crippen molar-refractivity contribution < 1.29 is 17.6 Å². The Hall–Kier alpha value is -3.41. The van der Waals surface area contributed by atoms with Gasteiger partial charge < -0.3 is 10.6 Å². The van der Waals surface area contributed by atoms with Gasteiger partial charge in [-0.25, -0.2) is 22.3 Å². The summed E-state index contributed by atoms with van der Waals surface area (Å²) in [6.07, 6.45) is 1.59. The average Bonchev–Trinajstić information content (AvgIpc) is 3.23. The van der Waals surface area contributed by atoms with Gasteiger partial charge in [-0.3, -0.25) is 9.36 Å². The van der Waals surface area contributed by atoms with Gasteiger partial charge in [-0.2, -0.15) is 0 Å². The Morgan fingerprint density at radius 1 is 1.09 bits per heavy atom. The maximum Gasteiger partial charge on any atom is 0.333 e. The first kappa shape index (κ1) is 23.7. The molecule has 0 spiro atoms. The van der Waals surface area contributed by atoms with Crippen molar-refractivity contribution in [1.82, 2.24) is 9.29 Å². The van der Waals surface area contributed by atoms with Crippen LogP contribution in [0.4, 0.5) is 20.6 Å². The summed E-state index contributed by atoms with van der Waals surface area (Å²) < 4.78 is 42.3. The Kier molecular flexibility index (Phi) is 6.34. The van der Waals surface area contributed by atoms with Crippen molar-refractivity contribution in [2.75, 3.05) is 17.7 Å². The minimum atomic E-state index is -4.06. The van der Waals surface area contributed by atoms with Crippen molar-refractivity contribution in [3.05, 3.63) is 80.8 Å². The molecule has 0 saturated heterocycles. The molecule has 0 unspecified atom stereocenters. The van der Waals surface area contributed by atoms with E-state index in [4.69, 9.17) is 11.6 Å². The van der Waals surface area contributed by atoms with Gasteiger partial charge >= 0.3 is 6.03 Å². The maximum atomic E-state index is 14.4. The van der Waals surface area contributed by atoms with E-state index in [2.05, 4.69) is 10.6 Å². The maximum absolute atomic E-state index is 14.4. The normalized spacial score (nSPS) is 11.4. The first-order valence-corrected chi connectivity index (χ1v) is 12.5. The van der Waals surface area contributed by atoms with Crippen LogP contribution in [-0.4, -0.2) is 26.1 Å². The molecule has 0 saturated carbocycles. The van der Waals surface area contributed by atoms with Crippen LogP contribution in [0.2, 0.25) is 4.34 Å². The molecule has 12 heteroatoms. The smallest absolute Gasteiger partial charge is 0.333 e. The van der Waals surface area contributed by atoms with Crippen LogP contribution in [0.5, 0.6) is 0 Å². The molecule has 4 aromatic rings. The third kappa shape index (κ3) is 4.49. The molecule has 0 atom stereocenters. The molecule has 176 valence electrons. The van der Waals surface area contributed by atoms with Gasteiger partial charge in [0.1, 0.15) is 10.0 Å². The largest absolute Gasteiger partial charge is 0.386 e. The SMILES string of the molecule is CNc1c(F)cc2c(=O)n(-c3ccc(NC(=O)NS(=O)(=O)c4ccc(Cl)s4)cc3)ccc2c1C. The van der Waals surface area contributed by atoms with Gasteiger partial charge in [-0.15, -0.1) is 11.3 Å². The van der Waals surface area contributed by atoms with Crippen molar-refractivity contribution in [2.24, 2.45) is 0 Å². The van der Waals surface area contributed by atoms with Gasteiger partial charge in [0.15, 0.2) is 0 Å². The monoisotopic (exact) mass is 520 g/mol. The van der Waals surface area contributed by atoms with E-state index in [1.165, 1.54) is 34.9 Å². The van der Waals surface area contributed by atoms with Gasteiger partial charge in [0, 0.05) is 24.6 Å². The molecule has 3 N–H and O–H groups in total. The number of hydrogen-bond acceptors (Lipinski definition) is 6. The molecule has 8 nitrogen and oxygen atoms in total. The van der Waals surface area contributed by atoms with E-state index in [1.54, 1.807) is 38.4 Å². The minimum Gasteiger partial charge on any atom is -0.386 e. The Morgan fingerprint density at radius 2 is 1.79 bits per heavy atom. The summed E-state index contributed by atoms with van der Waals surface area (Å²) in [7, 11) is -2.44. The number of sulfonamides is 1. The fourth-order valence-electron chi connectivity index (χ4n) is 3.52. The zero-order valence-electron chi connectivity index (χ0n) is 17.8. The van der Waals surface area contributed by atoms with Crippen molar-refractivity contribution in [2.45, 2.75) is 11.1 Å². The number of anilines is 2. The molecular formula is C22H18ClFN4O4S2. The number of pyridine rings is 1. The summed E-state index contributed by atoms with van der Waals surface area (Å²) in [5, 5.41) is 6.09. The van der Waals surface area contributed by atoms with Crippen LogP contribution >= 0.6 is 22.9 Å². The van der Waals surface area contributed by atoms with E-state index in [-0.39, 0.29) is 13.9 Å². The lowest BCUT2D eigenvalue weighted by molar-refractivity contribution is 0.256. The highest BCUT2D eigenvalue weighted by Gasteiger charge is 2.20. The molecular weight excluding hydrogens is 503 g/mol. The van der Waals surface area contributed by atoms with Crippen molar-refractivity contribution in [3.8, 4) is 5.69 Å². The summed E-state index contributed by atoms with van der Waals surface area (Å²) in [4.78, 5) is 25.2. The van der Waals surface area contributed by atoms with Gasteiger partial charge in [0.05, 0.1) is 15.4 Å². The highest BCUT2D eigenvalue weighted by atomic mass is 35.5. The van der Waals surface area contributed by atoms with Gasteiger partial charge in [0.25, 0.3) is 15.6 Å². The van der Waals surface area contributed by atoms with Crippen LogP contribution in [0, 0.1) is 12.7 Å². The van der Waals surface area contributed by atoms with Crippen LogP contribution in [0.3, 0.4) is 0 Å². The lowest BCUT2D eigenvalue weighted by Gasteiger charge is -2.13. The summed E-state index contributed by atoms with van der Waals surface area (Å²) in [6.45, 7) is 1.74. The molecule has 0 aliphatic carbocycles. The zero-order valence-corrected chi connectivity index (χ0v) is 20.2. The van der Waals surface area contributed by atoms with Crippen molar-refractivity contribution >= 4 is 61.1 Å². The molecule has 0 radical (unpaired) electrons. The number of urea groups is 1. The summed E-state index contributed by atoms with van der Waals surface area (Å²) in [6, 6.07) is 10.9. The van der Waals surface area contributed by atoms with E-state index >= 15 is 0 Å². The van der Waals surface area contributed by atoms with Crippen molar-refractivity contribution in [3.63, 3.8) is 0 Å². The summed E-state index contributed by atoms with van der Waals surface area (Å²) >= 11 is 6.57. The number of thiophene rings is 1. The number of nitrogens with zero attached hydrogens (tertiary/aromatic N) is 1. The average molecular weight is 521 g/mol. The fourth-order valence-corrected chi connectivity index (χ4v) is 5.91. The predicted molar refractivity (Wildman–Crippen MR) is 132 cm³/mol. The topological polar surface area (TPSA) is 109 Å². The second-order valence-electron chi connectivity index (χ2n) is 7.23. The number of fused-ring (bicyclic) bond motifs is 1. The number of carbonyl (C=O) groups excluding carboxylic acids is 1. The molecule has 0 aliphatic heterocycles. The molecule has 4 rings (SSSR count). The zero-order chi connectivity index (χ0) is 24.6. The first-order valence-electron chi connectivity index (χ1n) is 9.82. The van der Waals surface area contributed by atoms with Crippen LogP contribution < -0.4 is 20.9 Å². The lowest BCUT2D eigenvalue weighted by atomic mass is 10.0. The molecule has 2 amide bonds. The molecule has 2 aromatic heterocycles. The second-order valence-corrected chi connectivity index (χ2v) is 10.8. The van der Waals surface area contributed by atoms with E-state index in [0.29, 0.717) is 28.0 Å². The highest BCUT2D eigenvalue weighted by molar-refractivity contribution is 7.92. The molecule has 0 aliphatic rings. The molecule has 34 heavy (non-hydrogen) atoms. The van der Waals surface area contributed by atoms with Crippen LogP contribution in [0.25, 0.3) is 16.5 Å². The highest BCUT2D eigenvalue weighted by Crippen LogP contribution is 2.27. The van der Waals surface area contributed by atoms with Crippen LogP contribution in [0.15, 0.2) is 63.7 Å². The number of amides is 2. The van der Waals surface area contributed by atoms with Gasteiger partial charge in [-0.05, 0) is 66.4 Å². The predicted octanol–water partition coefficient (Wildman–Crippen LogP) is 4.71. The fraction of sp³-hybridized carbons (Fsp3) is 0.0909. The number of benzene rings is 2. The van der Waals surface area contributed by atoms with Crippen molar-refractivity contribution in [1.29, 1.82) is 0 Å². The Morgan fingerprint density at radius 3 is 2.41 bits per heavy atom. The number of hydrogen-bond donors (Lipinski definition) is 3. The van der Waals surface area contributed by atoms with E-state index in [0.717, 1.165) is 11.3 Å². The standard InChI is InChI=1S/C22H18ClFN4O4S2/c1-12-15-9-10-28(21(29)16(15)11-17(24)20(12)25-2)14-5-3-13(4-6-14)26-22(30)27-34(31,32)19-8-7-18(23)33-19/h3-11,25H,1-2H3,(H2,26,27,30). The number of aromatic nitrogens is 1. The second kappa shape index (κ2) is 9.09. The van der Waals surface area contributed by atoms with E-state index in [9.17, 15) is 22.4 Å². The Labute approximate surface area is 203 Å². The third-order valence-corrected chi connectivity index (χ3v) is 8.17. The van der Waals surface area contributed by atoms with Gasteiger partial charge in [0.2, 0.25) is 0 Å². The molecule has 2 heterocycles. The lowest BCUT2D eigenvalue weighted by Crippen LogP contribution is -2.33. The van der Waals surface area contributed by atoms with Gasteiger partial charge in [-0.1, -0.05) is 11.6 Å². The Bertz CT molecular complexity index is 1580. The number of aryl methyl sites for hydroxylation is 1. The first-order chi connectivity index (χ1) is 16.1. The summed E-state index contributed by atoms with van der Waals surface area (Å²) in [5.74, 6) is -0.521. The third-order valence-electron chi connectivity index (χ3n) is 5.11. The molecule has 2 aromatic carbocycles. The van der Waals surface area contributed by atoms with Crippen LogP contribution in [-0.2, 0) is 10.0 Å².